The van der Waals surface area contributed by atoms with Gasteiger partial charge in [0.2, 0.25) is 0 Å². The Kier molecular flexibility index (Phi) is 25.1. The van der Waals surface area contributed by atoms with Gasteiger partial charge < -0.3 is 19.5 Å². The van der Waals surface area contributed by atoms with E-state index in [1.165, 1.54) is 116 Å². The van der Waals surface area contributed by atoms with Crippen LogP contribution in [0.4, 0.5) is 0 Å². The summed E-state index contributed by atoms with van der Waals surface area (Å²) < 4.78 is 11.7. The van der Waals surface area contributed by atoms with Gasteiger partial charge in [-0.2, -0.15) is 0 Å². The average molecular weight is 868 g/mol. The van der Waals surface area contributed by atoms with Gasteiger partial charge >= 0.3 is 11.9 Å². The number of unbranched alkanes of at least 4 members (excludes halogenated alkanes) is 15. The molecule has 3 fully saturated rings. The summed E-state index contributed by atoms with van der Waals surface area (Å²) >= 11 is 0. The van der Waals surface area contributed by atoms with Crippen LogP contribution in [0.1, 0.15) is 247 Å². The van der Waals surface area contributed by atoms with Gasteiger partial charge in [-0.25, -0.2) is 0 Å². The SMILES string of the molecule is CCCCCCCCCCCCOC(=O)CCCCCCN(CCCCO)CCCCCC(=O)OC1CCC2(C)C(=CCC3C2CCC2(C)C(C(C)CCCC(C)C)CCC32)C1. The van der Waals surface area contributed by atoms with E-state index in [4.69, 9.17) is 9.47 Å². The van der Waals surface area contributed by atoms with E-state index in [-0.39, 0.29) is 30.1 Å². The molecule has 62 heavy (non-hydrogen) atoms. The fraction of sp³-hybridized carbons (Fsp3) is 0.929. The predicted molar refractivity (Wildman–Crippen MR) is 260 cm³/mol. The van der Waals surface area contributed by atoms with Crippen LogP contribution in [0.15, 0.2) is 11.6 Å². The van der Waals surface area contributed by atoms with Gasteiger partial charge in [-0.3, -0.25) is 9.59 Å². The molecule has 6 heteroatoms. The molecule has 4 aliphatic carbocycles. The molecule has 0 aliphatic heterocycles. The topological polar surface area (TPSA) is 76.1 Å². The van der Waals surface area contributed by atoms with E-state index in [1.807, 2.05) is 0 Å². The number of aliphatic hydroxyl groups is 1. The van der Waals surface area contributed by atoms with Crippen LogP contribution in [-0.2, 0) is 19.1 Å². The lowest BCUT2D eigenvalue weighted by Gasteiger charge is -2.58. The number of allylic oxidation sites excluding steroid dienone is 1. The number of carbonyl (C=O) groups excluding carboxylic acids is 2. The first kappa shape index (κ1) is 53.2. The maximum Gasteiger partial charge on any atom is 0.306 e. The zero-order chi connectivity index (χ0) is 44.6. The summed E-state index contributed by atoms with van der Waals surface area (Å²) in [4.78, 5) is 27.9. The van der Waals surface area contributed by atoms with Gasteiger partial charge in [-0.05, 0) is 156 Å². The second-order valence-corrected chi connectivity index (χ2v) is 22.3. The van der Waals surface area contributed by atoms with Gasteiger partial charge in [0.1, 0.15) is 6.10 Å². The molecule has 8 atom stereocenters. The molecule has 6 nitrogen and oxygen atoms in total. The number of rotatable bonds is 34. The third-order valence-electron chi connectivity index (χ3n) is 17.2. The highest BCUT2D eigenvalue weighted by molar-refractivity contribution is 5.69. The Morgan fingerprint density at radius 2 is 1.31 bits per heavy atom. The van der Waals surface area contributed by atoms with Crippen molar-refractivity contribution in [1.82, 2.24) is 4.90 Å². The number of esters is 2. The average Bonchev–Trinajstić information content (AvgIpc) is 3.61. The third kappa shape index (κ3) is 17.4. The fourth-order valence-electron chi connectivity index (χ4n) is 13.4. The molecule has 0 aromatic rings. The van der Waals surface area contributed by atoms with E-state index in [9.17, 15) is 14.7 Å². The quantitative estimate of drug-likeness (QED) is 0.0394. The Balaban J connectivity index is 1.05. The standard InChI is InChI=1S/C56H101NO5/c1-7-8-9-10-11-12-13-14-17-25-43-61-53(59)29-19-15-16-21-39-57(41-23-24-42-58)40-22-18-20-30-54(60)62-48-35-37-55(5)47(44-48)31-32-49-51-34-33-50(46(4)28-26-27-45(2)3)56(51,6)38-36-52(49)55/h31,45-46,48-52,58H,7-30,32-44H2,1-6H3. The molecule has 0 heterocycles. The summed E-state index contributed by atoms with van der Waals surface area (Å²) in [6.45, 7) is 18.8. The highest BCUT2D eigenvalue weighted by atomic mass is 16.5. The molecule has 0 aromatic heterocycles. The zero-order valence-corrected chi connectivity index (χ0v) is 41.8. The molecule has 360 valence electrons. The van der Waals surface area contributed by atoms with Gasteiger partial charge in [0.15, 0.2) is 0 Å². The first-order valence-corrected chi connectivity index (χ1v) is 27.4. The van der Waals surface area contributed by atoms with Crippen molar-refractivity contribution in [3.05, 3.63) is 11.6 Å². The van der Waals surface area contributed by atoms with E-state index in [2.05, 4.69) is 52.5 Å². The van der Waals surface area contributed by atoms with Gasteiger partial charge in [-0.1, -0.05) is 150 Å². The Morgan fingerprint density at radius 3 is 1.98 bits per heavy atom. The summed E-state index contributed by atoms with van der Waals surface area (Å²) in [6.07, 6.45) is 40.1. The molecule has 0 spiro atoms. The smallest absolute Gasteiger partial charge is 0.306 e. The molecule has 0 amide bonds. The minimum absolute atomic E-state index is 0.00307. The van der Waals surface area contributed by atoms with Crippen LogP contribution in [-0.4, -0.2) is 60.9 Å². The van der Waals surface area contributed by atoms with Gasteiger partial charge in [0.05, 0.1) is 6.61 Å². The van der Waals surface area contributed by atoms with Crippen LogP contribution >= 0.6 is 0 Å². The van der Waals surface area contributed by atoms with E-state index >= 15 is 0 Å². The lowest BCUT2D eigenvalue weighted by molar-refractivity contribution is -0.151. The van der Waals surface area contributed by atoms with Crippen molar-refractivity contribution < 1.29 is 24.2 Å². The molecule has 0 aromatic carbocycles. The molecule has 1 N–H and O–H groups in total. The molecule has 0 bridgehead atoms. The summed E-state index contributed by atoms with van der Waals surface area (Å²) in [5.74, 6) is 5.07. The molecule has 0 radical (unpaired) electrons. The minimum atomic E-state index is -0.0296. The van der Waals surface area contributed by atoms with Crippen molar-refractivity contribution >= 4 is 11.9 Å². The molecular weight excluding hydrogens is 767 g/mol. The van der Waals surface area contributed by atoms with Crippen LogP contribution < -0.4 is 0 Å². The summed E-state index contributed by atoms with van der Waals surface area (Å²) in [5, 5.41) is 9.36. The van der Waals surface area contributed by atoms with E-state index in [0.717, 1.165) is 132 Å². The normalized spacial score (nSPS) is 27.4. The number of aliphatic hydroxyl groups excluding tert-OH is 1. The Bertz CT molecular complexity index is 1260. The van der Waals surface area contributed by atoms with E-state index in [0.29, 0.717) is 24.9 Å². The van der Waals surface area contributed by atoms with E-state index in [1.54, 1.807) is 5.57 Å². The summed E-state index contributed by atoms with van der Waals surface area (Å²) in [5.41, 5.74) is 2.43. The number of carbonyl (C=O) groups is 2. The van der Waals surface area contributed by atoms with Gasteiger partial charge in [0.25, 0.3) is 0 Å². The van der Waals surface area contributed by atoms with Crippen LogP contribution in [0.3, 0.4) is 0 Å². The number of hydrogen-bond donors (Lipinski definition) is 1. The summed E-state index contributed by atoms with van der Waals surface area (Å²) in [7, 11) is 0. The Morgan fingerprint density at radius 1 is 0.694 bits per heavy atom. The van der Waals surface area contributed by atoms with Crippen LogP contribution in [0, 0.1) is 46.3 Å². The van der Waals surface area contributed by atoms with Crippen LogP contribution in [0.5, 0.6) is 0 Å². The Hall–Kier alpha value is -1.40. The minimum Gasteiger partial charge on any atom is -0.466 e. The summed E-state index contributed by atoms with van der Waals surface area (Å²) in [6, 6.07) is 0. The lowest BCUT2D eigenvalue weighted by Crippen LogP contribution is -2.51. The second-order valence-electron chi connectivity index (χ2n) is 22.3. The highest BCUT2D eigenvalue weighted by Crippen LogP contribution is 2.67. The zero-order valence-electron chi connectivity index (χ0n) is 41.8. The van der Waals surface area contributed by atoms with Crippen LogP contribution in [0.2, 0.25) is 0 Å². The Labute approximate surface area is 383 Å². The first-order chi connectivity index (χ1) is 30.0. The van der Waals surface area contributed by atoms with Crippen molar-refractivity contribution in [2.24, 2.45) is 46.3 Å². The predicted octanol–water partition coefficient (Wildman–Crippen LogP) is 15.0. The molecule has 8 unspecified atom stereocenters. The maximum atomic E-state index is 13.1. The molecular formula is C56H101NO5. The lowest BCUT2D eigenvalue weighted by atomic mass is 9.47. The number of nitrogens with zero attached hydrogens (tertiary/aromatic N) is 1. The highest BCUT2D eigenvalue weighted by Gasteiger charge is 2.59. The monoisotopic (exact) mass is 868 g/mol. The van der Waals surface area contributed by atoms with Crippen molar-refractivity contribution in [3.63, 3.8) is 0 Å². The van der Waals surface area contributed by atoms with E-state index < -0.39 is 0 Å². The third-order valence-corrected chi connectivity index (χ3v) is 17.2. The van der Waals surface area contributed by atoms with Crippen molar-refractivity contribution in [3.8, 4) is 0 Å². The molecule has 4 rings (SSSR count). The number of fused-ring (bicyclic) bond motifs is 5. The van der Waals surface area contributed by atoms with Crippen LogP contribution in [0.25, 0.3) is 0 Å². The second kappa shape index (κ2) is 29.3. The fourth-order valence-corrected chi connectivity index (χ4v) is 13.4. The largest absolute Gasteiger partial charge is 0.466 e. The molecule has 4 aliphatic rings. The van der Waals surface area contributed by atoms with Gasteiger partial charge in [-0.15, -0.1) is 0 Å². The van der Waals surface area contributed by atoms with Crippen molar-refractivity contribution in [2.75, 3.05) is 32.8 Å². The van der Waals surface area contributed by atoms with Crippen molar-refractivity contribution in [1.29, 1.82) is 0 Å². The number of hydrogen-bond acceptors (Lipinski definition) is 6. The first-order valence-electron chi connectivity index (χ1n) is 27.4. The van der Waals surface area contributed by atoms with Gasteiger partial charge in [0, 0.05) is 25.9 Å². The van der Waals surface area contributed by atoms with Crippen molar-refractivity contribution in [2.45, 2.75) is 253 Å². The number of ether oxygens (including phenoxy) is 2. The molecule has 3 saturated carbocycles. The maximum absolute atomic E-state index is 13.1. The molecule has 0 saturated heterocycles.